The molecule has 0 aromatic carbocycles. The summed E-state index contributed by atoms with van der Waals surface area (Å²) in [6.45, 7) is 0. The monoisotopic (exact) mass is 263 g/mol. The standard InChI is InChI=1S/C13H17N3OS/c17-13(7-3-1-4-8-13)10-18-12-15-14-11-6-2-5-9-16(11)12/h2,5-6,9,17H,1,3-4,7-8,10H2. The van der Waals surface area contributed by atoms with Gasteiger partial charge in [-0.05, 0) is 25.0 Å². The third kappa shape index (κ3) is 2.37. The van der Waals surface area contributed by atoms with E-state index in [1.165, 1.54) is 6.42 Å². The van der Waals surface area contributed by atoms with E-state index in [2.05, 4.69) is 10.2 Å². The molecule has 0 saturated heterocycles. The van der Waals surface area contributed by atoms with Crippen molar-refractivity contribution in [1.82, 2.24) is 14.6 Å². The molecule has 0 spiro atoms. The summed E-state index contributed by atoms with van der Waals surface area (Å²) in [4.78, 5) is 0. The van der Waals surface area contributed by atoms with E-state index in [4.69, 9.17) is 0 Å². The smallest absolute Gasteiger partial charge is 0.195 e. The van der Waals surface area contributed by atoms with Gasteiger partial charge in [0.15, 0.2) is 10.8 Å². The Morgan fingerprint density at radius 2 is 2.06 bits per heavy atom. The lowest BCUT2D eigenvalue weighted by Gasteiger charge is -2.31. The Labute approximate surface area is 110 Å². The minimum atomic E-state index is -0.510. The van der Waals surface area contributed by atoms with Crippen LogP contribution in [0, 0.1) is 0 Å². The molecule has 1 aliphatic rings. The van der Waals surface area contributed by atoms with Gasteiger partial charge in [-0.3, -0.25) is 4.40 Å². The normalized spacial score (nSPS) is 19.2. The maximum atomic E-state index is 10.5. The summed E-state index contributed by atoms with van der Waals surface area (Å²) in [5.74, 6) is 0.711. The van der Waals surface area contributed by atoms with E-state index >= 15 is 0 Å². The van der Waals surface area contributed by atoms with Crippen LogP contribution in [-0.4, -0.2) is 31.1 Å². The molecular formula is C13H17N3OS. The number of hydrogen-bond acceptors (Lipinski definition) is 4. The second-order valence-corrected chi connectivity index (χ2v) is 5.93. The maximum absolute atomic E-state index is 10.5. The van der Waals surface area contributed by atoms with Crippen LogP contribution in [0.3, 0.4) is 0 Å². The van der Waals surface area contributed by atoms with Crippen LogP contribution in [-0.2, 0) is 0 Å². The van der Waals surface area contributed by atoms with Crippen LogP contribution in [0.15, 0.2) is 29.6 Å². The molecule has 1 aliphatic carbocycles. The Balaban J connectivity index is 1.73. The van der Waals surface area contributed by atoms with Crippen LogP contribution in [0.5, 0.6) is 0 Å². The van der Waals surface area contributed by atoms with Gasteiger partial charge in [-0.1, -0.05) is 37.1 Å². The van der Waals surface area contributed by atoms with Gasteiger partial charge in [0.25, 0.3) is 0 Å². The van der Waals surface area contributed by atoms with Gasteiger partial charge in [-0.2, -0.15) is 0 Å². The number of nitrogens with zero attached hydrogens (tertiary/aromatic N) is 3. The molecular weight excluding hydrogens is 246 g/mol. The first-order valence-electron chi connectivity index (χ1n) is 6.42. The molecule has 0 unspecified atom stereocenters. The zero-order chi connectivity index (χ0) is 12.4. The zero-order valence-electron chi connectivity index (χ0n) is 10.2. The van der Waals surface area contributed by atoms with Crippen LogP contribution in [0.4, 0.5) is 0 Å². The maximum Gasteiger partial charge on any atom is 0.195 e. The Bertz CT molecular complexity index is 534. The van der Waals surface area contributed by atoms with Crippen molar-refractivity contribution in [3.63, 3.8) is 0 Å². The molecule has 0 atom stereocenters. The zero-order valence-corrected chi connectivity index (χ0v) is 11.1. The first-order valence-corrected chi connectivity index (χ1v) is 7.40. The summed E-state index contributed by atoms with van der Waals surface area (Å²) < 4.78 is 1.97. The van der Waals surface area contributed by atoms with E-state index in [1.807, 2.05) is 28.8 Å². The Kier molecular flexibility index (Phi) is 3.26. The first kappa shape index (κ1) is 12.0. The average Bonchev–Trinajstić information content (AvgIpc) is 2.81. The van der Waals surface area contributed by atoms with Crippen molar-refractivity contribution in [2.45, 2.75) is 42.9 Å². The number of aromatic nitrogens is 3. The molecule has 5 heteroatoms. The van der Waals surface area contributed by atoms with Crippen molar-refractivity contribution in [2.24, 2.45) is 0 Å². The summed E-state index contributed by atoms with van der Waals surface area (Å²) in [6.07, 6.45) is 7.31. The number of rotatable bonds is 3. The molecule has 0 aliphatic heterocycles. The molecule has 0 bridgehead atoms. The summed E-state index contributed by atoms with van der Waals surface area (Å²) >= 11 is 1.60. The Morgan fingerprint density at radius 1 is 1.22 bits per heavy atom. The van der Waals surface area contributed by atoms with Crippen molar-refractivity contribution >= 4 is 17.4 Å². The lowest BCUT2D eigenvalue weighted by Crippen LogP contribution is -2.34. The van der Waals surface area contributed by atoms with Gasteiger partial charge < -0.3 is 5.11 Å². The fourth-order valence-electron chi connectivity index (χ4n) is 2.47. The van der Waals surface area contributed by atoms with E-state index < -0.39 is 5.60 Å². The molecule has 1 fully saturated rings. The highest BCUT2D eigenvalue weighted by Crippen LogP contribution is 2.32. The third-order valence-electron chi connectivity index (χ3n) is 3.54. The summed E-state index contributed by atoms with van der Waals surface area (Å²) in [7, 11) is 0. The fourth-order valence-corrected chi connectivity index (χ4v) is 3.55. The molecule has 1 N–H and O–H groups in total. The molecule has 96 valence electrons. The van der Waals surface area contributed by atoms with Gasteiger partial charge in [-0.25, -0.2) is 0 Å². The van der Waals surface area contributed by atoms with Crippen molar-refractivity contribution in [2.75, 3.05) is 5.75 Å². The van der Waals surface area contributed by atoms with Gasteiger partial charge >= 0.3 is 0 Å². The lowest BCUT2D eigenvalue weighted by molar-refractivity contribution is 0.0272. The molecule has 1 saturated carbocycles. The second-order valence-electron chi connectivity index (χ2n) is 4.99. The van der Waals surface area contributed by atoms with Crippen molar-refractivity contribution in [1.29, 1.82) is 0 Å². The van der Waals surface area contributed by atoms with Gasteiger partial charge in [-0.15, -0.1) is 10.2 Å². The fraction of sp³-hybridized carbons (Fsp3) is 0.538. The highest BCUT2D eigenvalue weighted by atomic mass is 32.2. The van der Waals surface area contributed by atoms with E-state index in [0.29, 0.717) is 5.75 Å². The van der Waals surface area contributed by atoms with Gasteiger partial charge in [0, 0.05) is 11.9 Å². The molecule has 18 heavy (non-hydrogen) atoms. The third-order valence-corrected chi connectivity index (χ3v) is 4.75. The quantitative estimate of drug-likeness (QED) is 0.865. The molecule has 2 heterocycles. The number of fused-ring (bicyclic) bond motifs is 1. The van der Waals surface area contributed by atoms with Crippen molar-refractivity contribution in [3.05, 3.63) is 24.4 Å². The van der Waals surface area contributed by atoms with Gasteiger partial charge in [0.2, 0.25) is 0 Å². The number of aliphatic hydroxyl groups is 1. The molecule has 3 rings (SSSR count). The number of hydrogen-bond donors (Lipinski definition) is 1. The lowest BCUT2D eigenvalue weighted by atomic mass is 9.86. The van der Waals surface area contributed by atoms with Gasteiger partial charge in [0.1, 0.15) is 0 Å². The van der Waals surface area contributed by atoms with Crippen LogP contribution in [0.2, 0.25) is 0 Å². The molecule has 2 aromatic rings. The van der Waals surface area contributed by atoms with Crippen molar-refractivity contribution in [3.8, 4) is 0 Å². The Hall–Kier alpha value is -1.07. The molecule has 4 nitrogen and oxygen atoms in total. The van der Waals surface area contributed by atoms with Gasteiger partial charge in [0.05, 0.1) is 5.60 Å². The SMILES string of the molecule is OC1(CSc2nnc3ccccn23)CCCCC1. The van der Waals surface area contributed by atoms with Crippen LogP contribution in [0.25, 0.3) is 5.65 Å². The average molecular weight is 263 g/mol. The molecule has 0 amide bonds. The van der Waals surface area contributed by atoms with E-state index in [-0.39, 0.29) is 0 Å². The minimum Gasteiger partial charge on any atom is -0.389 e. The van der Waals surface area contributed by atoms with Crippen LogP contribution >= 0.6 is 11.8 Å². The van der Waals surface area contributed by atoms with E-state index in [9.17, 15) is 5.11 Å². The molecule has 2 aromatic heterocycles. The first-order chi connectivity index (χ1) is 8.77. The predicted octanol–water partition coefficient (Wildman–Crippen LogP) is 2.52. The van der Waals surface area contributed by atoms with Crippen LogP contribution in [0.1, 0.15) is 32.1 Å². The number of pyridine rings is 1. The predicted molar refractivity (Wildman–Crippen MR) is 71.7 cm³/mol. The van der Waals surface area contributed by atoms with Crippen molar-refractivity contribution < 1.29 is 5.11 Å². The summed E-state index contributed by atoms with van der Waals surface area (Å²) in [5.41, 5.74) is 0.347. The summed E-state index contributed by atoms with van der Waals surface area (Å²) in [6, 6.07) is 5.86. The Morgan fingerprint density at radius 3 is 2.89 bits per heavy atom. The highest BCUT2D eigenvalue weighted by Gasteiger charge is 2.29. The topological polar surface area (TPSA) is 50.4 Å². The van der Waals surface area contributed by atoms with E-state index in [0.717, 1.165) is 36.5 Å². The largest absolute Gasteiger partial charge is 0.389 e. The van der Waals surface area contributed by atoms with E-state index in [1.54, 1.807) is 11.8 Å². The summed E-state index contributed by atoms with van der Waals surface area (Å²) in [5, 5.41) is 19.6. The second kappa shape index (κ2) is 4.90. The molecule has 0 radical (unpaired) electrons. The minimum absolute atomic E-state index is 0.510. The number of thioether (sulfide) groups is 1. The van der Waals surface area contributed by atoms with Crippen LogP contribution < -0.4 is 0 Å². The highest BCUT2D eigenvalue weighted by molar-refractivity contribution is 7.99.